The lowest BCUT2D eigenvalue weighted by Crippen LogP contribution is -2.40. The minimum Gasteiger partial charge on any atom is -0.493 e. The van der Waals surface area contributed by atoms with Crippen LogP contribution in [0.25, 0.3) is 0 Å². The van der Waals surface area contributed by atoms with E-state index in [2.05, 4.69) is 48.5 Å². The second-order valence-electron chi connectivity index (χ2n) is 7.62. The Bertz CT molecular complexity index is 796. The van der Waals surface area contributed by atoms with Crippen LogP contribution in [0.5, 0.6) is 11.5 Å². The highest BCUT2D eigenvalue weighted by atomic mass is 16.5. The van der Waals surface area contributed by atoms with Crippen molar-refractivity contribution < 1.29 is 9.47 Å². The van der Waals surface area contributed by atoms with Crippen molar-refractivity contribution in [2.24, 2.45) is 4.99 Å². The number of hydrogen-bond donors (Lipinski definition) is 2. The van der Waals surface area contributed by atoms with Gasteiger partial charge in [-0.1, -0.05) is 36.4 Å². The van der Waals surface area contributed by atoms with Gasteiger partial charge in [-0.3, -0.25) is 4.99 Å². The van der Waals surface area contributed by atoms with Crippen molar-refractivity contribution in [2.75, 3.05) is 13.7 Å². The zero-order chi connectivity index (χ0) is 19.3. The molecule has 0 saturated carbocycles. The van der Waals surface area contributed by atoms with Crippen molar-refractivity contribution in [2.45, 2.75) is 45.4 Å². The molecule has 144 valence electrons. The maximum atomic E-state index is 6.08. The molecule has 1 unspecified atom stereocenters. The molecule has 1 atom stereocenters. The average molecular weight is 367 g/mol. The maximum absolute atomic E-state index is 6.08. The van der Waals surface area contributed by atoms with Gasteiger partial charge in [-0.25, -0.2) is 0 Å². The Morgan fingerprint density at radius 3 is 2.67 bits per heavy atom. The van der Waals surface area contributed by atoms with Gasteiger partial charge >= 0.3 is 0 Å². The summed E-state index contributed by atoms with van der Waals surface area (Å²) in [5.74, 6) is 2.60. The third kappa shape index (κ3) is 5.16. The summed E-state index contributed by atoms with van der Waals surface area (Å²) in [6.07, 6.45) is 0.904. The van der Waals surface area contributed by atoms with Gasteiger partial charge in [0, 0.05) is 31.1 Å². The first-order valence-electron chi connectivity index (χ1n) is 9.42. The quantitative estimate of drug-likeness (QED) is 0.632. The molecule has 1 aliphatic heterocycles. The summed E-state index contributed by atoms with van der Waals surface area (Å²) >= 11 is 0. The first kappa shape index (κ1) is 19.1. The molecule has 2 aromatic carbocycles. The molecule has 1 heterocycles. The number of aliphatic imine (C=N–C) groups is 1. The van der Waals surface area contributed by atoms with E-state index in [0.717, 1.165) is 29.4 Å². The first-order valence-corrected chi connectivity index (χ1v) is 9.42. The number of nitrogens with zero attached hydrogens (tertiary/aromatic N) is 1. The van der Waals surface area contributed by atoms with E-state index in [1.807, 2.05) is 36.4 Å². The lowest BCUT2D eigenvalue weighted by molar-refractivity contribution is 0.129. The molecule has 2 N–H and O–H groups in total. The predicted octanol–water partition coefficient (Wildman–Crippen LogP) is 4.05. The fourth-order valence-electron chi connectivity index (χ4n) is 3.11. The van der Waals surface area contributed by atoms with Crippen molar-refractivity contribution in [3.63, 3.8) is 0 Å². The van der Waals surface area contributed by atoms with Gasteiger partial charge in [-0.15, -0.1) is 0 Å². The Morgan fingerprint density at radius 1 is 1.15 bits per heavy atom. The normalized spacial score (nSPS) is 16.9. The van der Waals surface area contributed by atoms with E-state index < -0.39 is 0 Å². The van der Waals surface area contributed by atoms with Crippen LogP contribution >= 0.6 is 0 Å². The zero-order valence-electron chi connectivity index (χ0n) is 16.6. The molecule has 1 aliphatic rings. The largest absolute Gasteiger partial charge is 0.493 e. The summed E-state index contributed by atoms with van der Waals surface area (Å²) in [6, 6.07) is 16.4. The highest BCUT2D eigenvalue weighted by molar-refractivity contribution is 5.80. The molecule has 0 saturated heterocycles. The molecule has 0 amide bonds. The Morgan fingerprint density at radius 2 is 1.89 bits per heavy atom. The Hall–Kier alpha value is -2.69. The number of rotatable bonds is 4. The van der Waals surface area contributed by atoms with Crippen molar-refractivity contribution in [3.05, 3.63) is 59.7 Å². The van der Waals surface area contributed by atoms with E-state index in [1.165, 1.54) is 5.56 Å². The zero-order valence-corrected chi connectivity index (χ0v) is 16.6. The van der Waals surface area contributed by atoms with Crippen LogP contribution in [0.1, 0.15) is 44.4 Å². The lowest BCUT2D eigenvalue weighted by atomic mass is 10.0. The van der Waals surface area contributed by atoms with E-state index in [9.17, 15) is 0 Å². The summed E-state index contributed by atoms with van der Waals surface area (Å²) in [6.45, 7) is 7.51. The maximum Gasteiger partial charge on any atom is 0.191 e. The van der Waals surface area contributed by atoms with Crippen LogP contribution in [0.2, 0.25) is 0 Å². The number of nitrogens with one attached hydrogen (secondary N) is 2. The molecule has 0 radical (unpaired) electrons. The molecular formula is C22H29N3O2. The molecule has 0 bridgehead atoms. The van der Waals surface area contributed by atoms with Crippen LogP contribution in [-0.2, 0) is 6.54 Å². The van der Waals surface area contributed by atoms with E-state index in [1.54, 1.807) is 7.05 Å². The van der Waals surface area contributed by atoms with Gasteiger partial charge < -0.3 is 20.1 Å². The number of ether oxygens (including phenoxy) is 2. The van der Waals surface area contributed by atoms with Gasteiger partial charge in [-0.05, 0) is 32.9 Å². The van der Waals surface area contributed by atoms with Crippen LogP contribution in [0, 0.1) is 0 Å². The van der Waals surface area contributed by atoms with Crippen LogP contribution in [-0.4, -0.2) is 25.2 Å². The van der Waals surface area contributed by atoms with Gasteiger partial charge in [0.05, 0.1) is 12.6 Å². The molecule has 3 rings (SSSR count). The third-order valence-corrected chi connectivity index (χ3v) is 4.33. The SMILES string of the molecule is CN=C(NCc1ccccc1OC(C)(C)C)NC1CCOc2ccccc21. The second-order valence-corrected chi connectivity index (χ2v) is 7.62. The van der Waals surface area contributed by atoms with Gasteiger partial charge in [0.1, 0.15) is 17.1 Å². The van der Waals surface area contributed by atoms with Crippen LogP contribution in [0.15, 0.2) is 53.5 Å². The Balaban J connectivity index is 1.66. The number of fused-ring (bicyclic) bond motifs is 1. The second kappa shape index (κ2) is 8.33. The van der Waals surface area contributed by atoms with Crippen LogP contribution in [0.4, 0.5) is 0 Å². The van der Waals surface area contributed by atoms with Gasteiger partial charge in [0.15, 0.2) is 5.96 Å². The fraction of sp³-hybridized carbons (Fsp3) is 0.409. The molecule has 0 aliphatic carbocycles. The highest BCUT2D eigenvalue weighted by Crippen LogP contribution is 2.31. The Labute approximate surface area is 161 Å². The minimum absolute atomic E-state index is 0.183. The van der Waals surface area contributed by atoms with E-state index in [-0.39, 0.29) is 11.6 Å². The summed E-state index contributed by atoms with van der Waals surface area (Å²) in [4.78, 5) is 4.39. The van der Waals surface area contributed by atoms with Crippen molar-refractivity contribution in [3.8, 4) is 11.5 Å². The van der Waals surface area contributed by atoms with Gasteiger partial charge in [0.25, 0.3) is 0 Å². The smallest absolute Gasteiger partial charge is 0.191 e. The fourth-order valence-corrected chi connectivity index (χ4v) is 3.11. The Kier molecular flexibility index (Phi) is 5.89. The predicted molar refractivity (Wildman–Crippen MR) is 109 cm³/mol. The number of hydrogen-bond acceptors (Lipinski definition) is 3. The molecule has 27 heavy (non-hydrogen) atoms. The third-order valence-electron chi connectivity index (χ3n) is 4.33. The van der Waals surface area contributed by atoms with Gasteiger partial charge in [-0.2, -0.15) is 0 Å². The topological polar surface area (TPSA) is 54.9 Å². The molecular weight excluding hydrogens is 338 g/mol. The summed E-state index contributed by atoms with van der Waals surface area (Å²) in [5, 5.41) is 6.93. The van der Waals surface area contributed by atoms with Crippen molar-refractivity contribution >= 4 is 5.96 Å². The molecule has 5 nitrogen and oxygen atoms in total. The number of benzene rings is 2. The van der Waals surface area contributed by atoms with Crippen molar-refractivity contribution in [1.82, 2.24) is 10.6 Å². The molecule has 5 heteroatoms. The molecule has 0 spiro atoms. The standard InChI is InChI=1S/C22H29N3O2/c1-22(2,3)27-19-11-7-5-9-16(19)15-24-21(23-4)25-18-13-14-26-20-12-8-6-10-17(18)20/h5-12,18H,13-15H2,1-4H3,(H2,23,24,25). The summed E-state index contributed by atoms with van der Waals surface area (Å²) in [5.41, 5.74) is 2.04. The minimum atomic E-state index is -0.234. The van der Waals surface area contributed by atoms with Gasteiger partial charge in [0.2, 0.25) is 0 Å². The monoisotopic (exact) mass is 367 g/mol. The highest BCUT2D eigenvalue weighted by Gasteiger charge is 2.22. The molecule has 0 fully saturated rings. The summed E-state index contributed by atoms with van der Waals surface area (Å²) < 4.78 is 11.8. The molecule has 2 aromatic rings. The van der Waals surface area contributed by atoms with Crippen molar-refractivity contribution in [1.29, 1.82) is 0 Å². The van der Waals surface area contributed by atoms with Crippen LogP contribution in [0.3, 0.4) is 0 Å². The van der Waals surface area contributed by atoms with E-state index in [0.29, 0.717) is 13.2 Å². The average Bonchev–Trinajstić information content (AvgIpc) is 2.65. The van der Waals surface area contributed by atoms with E-state index in [4.69, 9.17) is 9.47 Å². The number of para-hydroxylation sites is 2. The lowest BCUT2D eigenvalue weighted by Gasteiger charge is -2.28. The summed E-state index contributed by atoms with van der Waals surface area (Å²) in [7, 11) is 1.79. The van der Waals surface area contributed by atoms with Crippen LogP contribution < -0.4 is 20.1 Å². The first-order chi connectivity index (χ1) is 13.0. The molecule has 0 aromatic heterocycles. The van der Waals surface area contributed by atoms with E-state index >= 15 is 0 Å². The number of guanidine groups is 1.